The first kappa shape index (κ1) is 17.0. The highest BCUT2D eigenvalue weighted by Gasteiger charge is 2.15. The molecule has 1 amide bonds. The number of nitrogens with one attached hydrogen (secondary N) is 1. The van der Waals surface area contributed by atoms with E-state index in [4.69, 9.17) is 21.4 Å². The van der Waals surface area contributed by atoms with Crippen molar-refractivity contribution in [3.63, 3.8) is 0 Å². The number of halogens is 1. The SMILES string of the molecule is CC(C)(C)OC(=O)NCC=Cc1cnc(Cl)cc1C(=O)O. The summed E-state index contributed by atoms with van der Waals surface area (Å²) >= 11 is 5.65. The van der Waals surface area contributed by atoms with Crippen molar-refractivity contribution in [1.29, 1.82) is 0 Å². The van der Waals surface area contributed by atoms with Crippen molar-refractivity contribution in [3.8, 4) is 0 Å². The van der Waals surface area contributed by atoms with Crippen LogP contribution in [0.4, 0.5) is 4.79 Å². The number of hydrogen-bond donors (Lipinski definition) is 2. The number of aromatic nitrogens is 1. The van der Waals surface area contributed by atoms with E-state index in [1.54, 1.807) is 32.9 Å². The molecule has 114 valence electrons. The number of carbonyl (C=O) groups excluding carboxylic acids is 1. The molecule has 0 unspecified atom stereocenters. The van der Waals surface area contributed by atoms with Gasteiger partial charge in [0.05, 0.1) is 5.56 Å². The molecule has 0 atom stereocenters. The second kappa shape index (κ2) is 7.08. The molecule has 0 saturated carbocycles. The van der Waals surface area contributed by atoms with E-state index in [1.807, 2.05) is 0 Å². The van der Waals surface area contributed by atoms with Crippen molar-refractivity contribution < 1.29 is 19.4 Å². The Bertz CT molecular complexity index is 565. The van der Waals surface area contributed by atoms with E-state index >= 15 is 0 Å². The molecular weight excluding hydrogens is 296 g/mol. The van der Waals surface area contributed by atoms with E-state index in [9.17, 15) is 9.59 Å². The Hall–Kier alpha value is -2.08. The number of aromatic carboxylic acids is 1. The first-order chi connectivity index (χ1) is 9.69. The summed E-state index contributed by atoms with van der Waals surface area (Å²) in [6.07, 6.45) is 3.96. The van der Waals surface area contributed by atoms with E-state index in [-0.39, 0.29) is 17.3 Å². The third kappa shape index (κ3) is 6.27. The molecule has 1 aromatic rings. The van der Waals surface area contributed by atoms with Gasteiger partial charge < -0.3 is 15.2 Å². The second-order valence-electron chi connectivity index (χ2n) is 5.18. The zero-order valence-electron chi connectivity index (χ0n) is 12.0. The number of amides is 1. The van der Waals surface area contributed by atoms with Crippen molar-refractivity contribution in [3.05, 3.63) is 34.6 Å². The number of carbonyl (C=O) groups is 2. The fraction of sp³-hybridized carbons (Fsp3) is 0.357. The number of hydrogen-bond acceptors (Lipinski definition) is 4. The molecule has 1 rings (SSSR count). The van der Waals surface area contributed by atoms with Crippen LogP contribution in [0.1, 0.15) is 36.7 Å². The van der Waals surface area contributed by atoms with Gasteiger partial charge in [0.2, 0.25) is 0 Å². The van der Waals surface area contributed by atoms with Crippen molar-refractivity contribution in [2.45, 2.75) is 26.4 Å². The van der Waals surface area contributed by atoms with Gasteiger partial charge in [-0.05, 0) is 26.8 Å². The van der Waals surface area contributed by atoms with Crippen LogP contribution in [-0.2, 0) is 4.74 Å². The van der Waals surface area contributed by atoms with Gasteiger partial charge in [0.25, 0.3) is 0 Å². The Morgan fingerprint density at radius 3 is 2.71 bits per heavy atom. The summed E-state index contributed by atoms with van der Waals surface area (Å²) in [5.74, 6) is -1.10. The summed E-state index contributed by atoms with van der Waals surface area (Å²) in [5, 5.41) is 11.7. The third-order valence-corrected chi connectivity index (χ3v) is 2.40. The molecule has 2 N–H and O–H groups in total. The van der Waals surface area contributed by atoms with Gasteiger partial charge in [0.15, 0.2) is 0 Å². The molecule has 0 aliphatic carbocycles. The van der Waals surface area contributed by atoms with Crippen LogP contribution >= 0.6 is 11.6 Å². The first-order valence-electron chi connectivity index (χ1n) is 6.21. The van der Waals surface area contributed by atoms with Gasteiger partial charge in [-0.1, -0.05) is 23.8 Å². The molecule has 0 aromatic carbocycles. The lowest BCUT2D eigenvalue weighted by atomic mass is 10.1. The standard InChI is InChI=1S/C14H17ClN2O4/c1-14(2,3)21-13(20)16-6-4-5-9-8-17-11(15)7-10(9)12(18)19/h4-5,7-8H,6H2,1-3H3,(H,16,20)(H,18,19). The lowest BCUT2D eigenvalue weighted by Gasteiger charge is -2.19. The molecule has 0 radical (unpaired) electrons. The maximum absolute atomic E-state index is 11.4. The molecule has 6 nitrogen and oxygen atoms in total. The van der Waals surface area contributed by atoms with Crippen molar-refractivity contribution in [1.82, 2.24) is 10.3 Å². The van der Waals surface area contributed by atoms with Gasteiger partial charge in [0.1, 0.15) is 10.8 Å². The topological polar surface area (TPSA) is 88.5 Å². The van der Waals surface area contributed by atoms with E-state index in [1.165, 1.54) is 12.3 Å². The normalized spacial score (nSPS) is 11.4. The van der Waals surface area contributed by atoms with E-state index in [2.05, 4.69) is 10.3 Å². The summed E-state index contributed by atoms with van der Waals surface area (Å²) in [7, 11) is 0. The van der Waals surface area contributed by atoms with Crippen molar-refractivity contribution in [2.24, 2.45) is 0 Å². The molecule has 1 heterocycles. The van der Waals surface area contributed by atoms with Crippen LogP contribution < -0.4 is 5.32 Å². The van der Waals surface area contributed by atoms with Crippen LogP contribution in [0.3, 0.4) is 0 Å². The zero-order chi connectivity index (χ0) is 16.0. The Kier molecular flexibility index (Phi) is 5.72. The highest BCUT2D eigenvalue weighted by molar-refractivity contribution is 6.29. The summed E-state index contributed by atoms with van der Waals surface area (Å²) < 4.78 is 5.06. The maximum Gasteiger partial charge on any atom is 0.407 e. The fourth-order valence-electron chi connectivity index (χ4n) is 1.40. The van der Waals surface area contributed by atoms with Crippen LogP contribution in [0.25, 0.3) is 6.08 Å². The van der Waals surface area contributed by atoms with Gasteiger partial charge in [-0.3, -0.25) is 0 Å². The summed E-state index contributed by atoms with van der Waals surface area (Å²) in [6.45, 7) is 5.50. The lowest BCUT2D eigenvalue weighted by Crippen LogP contribution is -2.32. The smallest absolute Gasteiger partial charge is 0.407 e. The van der Waals surface area contributed by atoms with Crippen LogP contribution in [0, 0.1) is 0 Å². The Labute approximate surface area is 127 Å². The van der Waals surface area contributed by atoms with Gasteiger partial charge in [-0.2, -0.15) is 0 Å². The van der Waals surface area contributed by atoms with Crippen molar-refractivity contribution in [2.75, 3.05) is 6.54 Å². The van der Waals surface area contributed by atoms with E-state index < -0.39 is 17.7 Å². The van der Waals surface area contributed by atoms with Crippen molar-refractivity contribution >= 4 is 29.7 Å². The second-order valence-corrected chi connectivity index (χ2v) is 5.57. The Morgan fingerprint density at radius 2 is 2.14 bits per heavy atom. The molecule has 1 aromatic heterocycles. The highest BCUT2D eigenvalue weighted by Crippen LogP contribution is 2.14. The molecule has 0 spiro atoms. The minimum absolute atomic E-state index is 0.0449. The molecule has 0 aliphatic heterocycles. The molecular formula is C14H17ClN2O4. The quantitative estimate of drug-likeness (QED) is 0.834. The maximum atomic E-state index is 11.4. The van der Waals surface area contributed by atoms with Crippen LogP contribution in [0.15, 0.2) is 18.3 Å². The molecule has 0 aliphatic rings. The minimum Gasteiger partial charge on any atom is -0.478 e. The Balaban J connectivity index is 2.62. The average Bonchev–Trinajstić information content (AvgIpc) is 2.33. The lowest BCUT2D eigenvalue weighted by molar-refractivity contribution is 0.0533. The predicted octanol–water partition coefficient (Wildman–Crippen LogP) is 2.97. The number of carboxylic acid groups (broad SMARTS) is 1. The number of ether oxygens (including phenoxy) is 1. The minimum atomic E-state index is -1.10. The van der Waals surface area contributed by atoms with E-state index in [0.717, 1.165) is 0 Å². The largest absolute Gasteiger partial charge is 0.478 e. The number of carboxylic acids is 1. The van der Waals surface area contributed by atoms with E-state index in [0.29, 0.717) is 5.56 Å². The number of pyridine rings is 1. The van der Waals surface area contributed by atoms with Gasteiger partial charge in [-0.15, -0.1) is 0 Å². The monoisotopic (exact) mass is 312 g/mol. The first-order valence-corrected chi connectivity index (χ1v) is 6.59. The highest BCUT2D eigenvalue weighted by atomic mass is 35.5. The molecule has 0 bridgehead atoms. The summed E-state index contributed by atoms with van der Waals surface area (Å²) in [6, 6.07) is 1.27. The number of nitrogens with zero attached hydrogens (tertiary/aromatic N) is 1. The zero-order valence-corrected chi connectivity index (χ0v) is 12.8. The Morgan fingerprint density at radius 1 is 1.48 bits per heavy atom. The van der Waals surface area contributed by atoms with Crippen LogP contribution in [-0.4, -0.2) is 34.3 Å². The molecule has 21 heavy (non-hydrogen) atoms. The van der Waals surface area contributed by atoms with Crippen LogP contribution in [0.2, 0.25) is 5.15 Å². The van der Waals surface area contributed by atoms with Gasteiger partial charge >= 0.3 is 12.1 Å². The fourth-order valence-corrected chi connectivity index (χ4v) is 1.56. The number of rotatable bonds is 4. The van der Waals surface area contributed by atoms with Crippen LogP contribution in [0.5, 0.6) is 0 Å². The number of alkyl carbamates (subject to hydrolysis) is 1. The third-order valence-electron chi connectivity index (χ3n) is 2.19. The van der Waals surface area contributed by atoms with Gasteiger partial charge in [0, 0.05) is 18.3 Å². The predicted molar refractivity (Wildman–Crippen MR) is 79.5 cm³/mol. The molecule has 0 saturated heterocycles. The summed E-state index contributed by atoms with van der Waals surface area (Å²) in [5.41, 5.74) is -0.119. The summed E-state index contributed by atoms with van der Waals surface area (Å²) in [4.78, 5) is 26.3. The van der Waals surface area contributed by atoms with Gasteiger partial charge in [-0.25, -0.2) is 14.6 Å². The molecule has 0 fully saturated rings. The average molecular weight is 313 g/mol. The molecule has 7 heteroatoms.